The van der Waals surface area contributed by atoms with Crippen molar-refractivity contribution in [3.63, 3.8) is 0 Å². The van der Waals surface area contributed by atoms with Gasteiger partial charge in [-0.1, -0.05) is 6.07 Å². The maximum atomic E-state index is 5.70. The minimum Gasteiger partial charge on any atom is -0.497 e. The van der Waals surface area contributed by atoms with Gasteiger partial charge in [0.05, 0.1) is 13.7 Å². The molecule has 0 saturated heterocycles. The Morgan fingerprint density at radius 2 is 1.91 bits per heavy atom. The molecule has 1 aromatic carbocycles. The van der Waals surface area contributed by atoms with Crippen molar-refractivity contribution in [3.05, 3.63) is 24.3 Å². The van der Waals surface area contributed by atoms with E-state index in [1.807, 2.05) is 24.3 Å². The van der Waals surface area contributed by atoms with Crippen molar-refractivity contribution in [1.82, 2.24) is 10.6 Å². The molecule has 0 spiro atoms. The molecule has 0 bridgehead atoms. The molecular formula is C17H29N3O3. The smallest absolute Gasteiger partial charge is 0.191 e. The van der Waals surface area contributed by atoms with E-state index in [4.69, 9.17) is 14.2 Å². The molecular weight excluding hydrogens is 294 g/mol. The van der Waals surface area contributed by atoms with E-state index in [0.717, 1.165) is 50.0 Å². The molecule has 23 heavy (non-hydrogen) atoms. The van der Waals surface area contributed by atoms with Crippen LogP contribution in [0.5, 0.6) is 11.5 Å². The maximum absolute atomic E-state index is 5.70. The molecule has 0 aliphatic carbocycles. The van der Waals surface area contributed by atoms with Gasteiger partial charge in [-0.05, 0) is 25.5 Å². The van der Waals surface area contributed by atoms with E-state index in [1.165, 1.54) is 0 Å². The van der Waals surface area contributed by atoms with Gasteiger partial charge in [0, 0.05) is 45.8 Å². The lowest BCUT2D eigenvalue weighted by molar-refractivity contribution is 0.195. The fourth-order valence-corrected chi connectivity index (χ4v) is 1.90. The number of hydrogen-bond acceptors (Lipinski definition) is 4. The van der Waals surface area contributed by atoms with Crippen LogP contribution in [0.4, 0.5) is 0 Å². The summed E-state index contributed by atoms with van der Waals surface area (Å²) >= 11 is 0. The normalized spacial score (nSPS) is 11.2. The second kappa shape index (κ2) is 12.6. The molecule has 0 radical (unpaired) electrons. The Kier molecular flexibility index (Phi) is 10.4. The highest BCUT2D eigenvalue weighted by Gasteiger charge is 1.98. The summed E-state index contributed by atoms with van der Waals surface area (Å²) < 4.78 is 15.9. The molecule has 0 aromatic heterocycles. The van der Waals surface area contributed by atoms with Crippen LogP contribution in [-0.2, 0) is 4.74 Å². The number of rotatable bonds is 11. The number of benzene rings is 1. The summed E-state index contributed by atoms with van der Waals surface area (Å²) in [6.07, 6.45) is 1.81. The predicted octanol–water partition coefficient (Wildman–Crippen LogP) is 2.06. The Labute approximate surface area is 139 Å². The number of nitrogens with one attached hydrogen (secondary N) is 2. The molecule has 6 nitrogen and oxygen atoms in total. The fourth-order valence-electron chi connectivity index (χ4n) is 1.90. The Balaban J connectivity index is 2.25. The van der Waals surface area contributed by atoms with Crippen LogP contribution >= 0.6 is 0 Å². The summed E-state index contributed by atoms with van der Waals surface area (Å²) in [4.78, 5) is 4.52. The van der Waals surface area contributed by atoms with E-state index in [0.29, 0.717) is 13.2 Å². The van der Waals surface area contributed by atoms with Gasteiger partial charge in [0.25, 0.3) is 0 Å². The first-order chi connectivity index (χ1) is 11.3. The third-order valence-electron chi connectivity index (χ3n) is 3.04. The summed E-state index contributed by atoms with van der Waals surface area (Å²) in [5.41, 5.74) is 0. The molecule has 0 saturated carbocycles. The third-order valence-corrected chi connectivity index (χ3v) is 3.04. The van der Waals surface area contributed by atoms with E-state index < -0.39 is 0 Å². The van der Waals surface area contributed by atoms with Crippen molar-refractivity contribution in [2.24, 2.45) is 4.99 Å². The molecule has 0 atom stereocenters. The molecule has 1 rings (SSSR count). The lowest BCUT2D eigenvalue weighted by Crippen LogP contribution is -2.38. The Morgan fingerprint density at radius 1 is 1.09 bits per heavy atom. The third kappa shape index (κ3) is 8.93. The average molecular weight is 323 g/mol. The summed E-state index contributed by atoms with van der Waals surface area (Å²) in [5.74, 6) is 2.46. The number of hydrogen-bond donors (Lipinski definition) is 2. The van der Waals surface area contributed by atoms with Crippen LogP contribution < -0.4 is 20.1 Å². The van der Waals surface area contributed by atoms with Crippen LogP contribution in [0.15, 0.2) is 29.3 Å². The lowest BCUT2D eigenvalue weighted by Gasteiger charge is -2.11. The molecule has 0 amide bonds. The minimum atomic E-state index is 0.625. The summed E-state index contributed by atoms with van der Waals surface area (Å²) in [6.45, 7) is 5.83. The first-order valence-electron chi connectivity index (χ1n) is 8.08. The second-order valence-electron chi connectivity index (χ2n) is 4.91. The molecule has 130 valence electrons. The van der Waals surface area contributed by atoms with Crippen molar-refractivity contribution < 1.29 is 14.2 Å². The number of aliphatic imine (C=N–C) groups is 1. The van der Waals surface area contributed by atoms with Crippen molar-refractivity contribution in [2.45, 2.75) is 19.8 Å². The van der Waals surface area contributed by atoms with Gasteiger partial charge in [0.15, 0.2) is 5.96 Å². The van der Waals surface area contributed by atoms with Gasteiger partial charge in [-0.15, -0.1) is 0 Å². The molecule has 1 aromatic rings. The lowest BCUT2D eigenvalue weighted by atomic mass is 10.3. The molecule has 0 unspecified atom stereocenters. The summed E-state index contributed by atoms with van der Waals surface area (Å²) in [7, 11) is 3.36. The van der Waals surface area contributed by atoms with Gasteiger partial charge in [0.2, 0.25) is 0 Å². The zero-order valence-corrected chi connectivity index (χ0v) is 14.4. The van der Waals surface area contributed by atoms with E-state index in [9.17, 15) is 0 Å². The van der Waals surface area contributed by atoms with Gasteiger partial charge in [0.1, 0.15) is 11.5 Å². The van der Waals surface area contributed by atoms with E-state index in [-0.39, 0.29) is 0 Å². The van der Waals surface area contributed by atoms with Gasteiger partial charge < -0.3 is 24.8 Å². The van der Waals surface area contributed by atoms with Gasteiger partial charge >= 0.3 is 0 Å². The van der Waals surface area contributed by atoms with Gasteiger partial charge in [-0.25, -0.2) is 0 Å². The van der Waals surface area contributed by atoms with Crippen molar-refractivity contribution in [1.29, 1.82) is 0 Å². The first kappa shape index (κ1) is 19.1. The molecule has 0 fully saturated rings. The summed E-state index contributed by atoms with van der Waals surface area (Å²) in [6, 6.07) is 7.62. The number of nitrogens with zero attached hydrogens (tertiary/aromatic N) is 1. The highest BCUT2D eigenvalue weighted by Crippen LogP contribution is 2.18. The average Bonchev–Trinajstić information content (AvgIpc) is 2.58. The monoisotopic (exact) mass is 323 g/mol. The predicted molar refractivity (Wildman–Crippen MR) is 93.6 cm³/mol. The Bertz CT molecular complexity index is 452. The maximum Gasteiger partial charge on any atom is 0.191 e. The number of ether oxygens (including phenoxy) is 3. The topological polar surface area (TPSA) is 64.1 Å². The first-order valence-corrected chi connectivity index (χ1v) is 8.08. The van der Waals surface area contributed by atoms with E-state index in [2.05, 4.69) is 22.5 Å². The highest BCUT2D eigenvalue weighted by molar-refractivity contribution is 5.79. The fraction of sp³-hybridized carbons (Fsp3) is 0.588. The van der Waals surface area contributed by atoms with Crippen LogP contribution in [0, 0.1) is 0 Å². The van der Waals surface area contributed by atoms with E-state index >= 15 is 0 Å². The number of guanidine groups is 1. The highest BCUT2D eigenvalue weighted by atomic mass is 16.5. The molecule has 0 aliphatic heterocycles. The number of methoxy groups -OCH3 is 2. The van der Waals surface area contributed by atoms with Crippen molar-refractivity contribution >= 4 is 5.96 Å². The second-order valence-corrected chi connectivity index (χ2v) is 4.91. The van der Waals surface area contributed by atoms with Crippen molar-refractivity contribution in [3.8, 4) is 11.5 Å². The minimum absolute atomic E-state index is 0.625. The van der Waals surface area contributed by atoms with Crippen LogP contribution in [0.25, 0.3) is 0 Å². The Hall–Kier alpha value is -1.95. The van der Waals surface area contributed by atoms with Gasteiger partial charge in [-0.3, -0.25) is 4.99 Å². The van der Waals surface area contributed by atoms with Crippen LogP contribution in [0.2, 0.25) is 0 Å². The molecule has 6 heteroatoms. The zero-order chi connectivity index (χ0) is 16.8. The Morgan fingerprint density at radius 3 is 2.65 bits per heavy atom. The van der Waals surface area contributed by atoms with Crippen LogP contribution in [0.3, 0.4) is 0 Å². The van der Waals surface area contributed by atoms with Crippen LogP contribution in [0.1, 0.15) is 19.8 Å². The van der Waals surface area contributed by atoms with Gasteiger partial charge in [-0.2, -0.15) is 0 Å². The molecule has 0 heterocycles. The SMILES string of the molecule is CCNC(=NCCCOc1cccc(OC)c1)NCCCOC. The van der Waals surface area contributed by atoms with E-state index in [1.54, 1.807) is 14.2 Å². The summed E-state index contributed by atoms with van der Waals surface area (Å²) in [5, 5.41) is 6.50. The quantitative estimate of drug-likeness (QED) is 0.371. The van der Waals surface area contributed by atoms with Crippen LogP contribution in [-0.4, -0.2) is 53.0 Å². The standard InChI is InChI=1S/C17H29N3O3/c1-4-18-17(19-10-6-12-21-2)20-11-7-13-23-16-9-5-8-15(14-16)22-3/h5,8-9,14H,4,6-7,10-13H2,1-3H3,(H2,18,19,20). The molecule has 0 aliphatic rings. The van der Waals surface area contributed by atoms with Crippen molar-refractivity contribution in [2.75, 3.05) is 47.1 Å². The molecule has 2 N–H and O–H groups in total. The zero-order valence-electron chi connectivity index (χ0n) is 14.4. The largest absolute Gasteiger partial charge is 0.497 e.